The van der Waals surface area contributed by atoms with Gasteiger partial charge in [0.25, 0.3) is 5.91 Å². The van der Waals surface area contributed by atoms with Gasteiger partial charge in [0.05, 0.1) is 10.6 Å². The normalized spacial score (nSPS) is 10.2. The van der Waals surface area contributed by atoms with Crippen LogP contribution in [-0.2, 0) is 0 Å². The molecule has 0 aliphatic heterocycles. The summed E-state index contributed by atoms with van der Waals surface area (Å²) in [5.41, 5.74) is 0.587. The van der Waals surface area contributed by atoms with E-state index in [0.29, 0.717) is 5.69 Å². The number of amides is 1. The molecule has 0 radical (unpaired) electrons. The van der Waals surface area contributed by atoms with E-state index in [4.69, 9.17) is 11.6 Å². The van der Waals surface area contributed by atoms with Gasteiger partial charge in [-0.25, -0.2) is 8.78 Å². The highest BCUT2D eigenvalue weighted by Gasteiger charge is 2.11. The van der Waals surface area contributed by atoms with Crippen molar-refractivity contribution in [2.45, 2.75) is 0 Å². The van der Waals surface area contributed by atoms with Gasteiger partial charge in [-0.1, -0.05) is 11.6 Å². The molecular formula is C13H8ClF2NO. The molecule has 0 aliphatic rings. The number of hydrogen-bond donors (Lipinski definition) is 1. The minimum Gasteiger partial charge on any atom is -0.322 e. The summed E-state index contributed by atoms with van der Waals surface area (Å²) in [4.78, 5) is 11.8. The van der Waals surface area contributed by atoms with Crippen LogP contribution in [0.15, 0.2) is 42.5 Å². The zero-order valence-corrected chi connectivity index (χ0v) is 9.84. The molecule has 2 nitrogen and oxygen atoms in total. The summed E-state index contributed by atoms with van der Waals surface area (Å²) in [5.74, 6) is -1.39. The van der Waals surface area contributed by atoms with Crippen molar-refractivity contribution in [3.8, 4) is 0 Å². The van der Waals surface area contributed by atoms with Crippen molar-refractivity contribution in [2.75, 3.05) is 5.32 Å². The van der Waals surface area contributed by atoms with E-state index in [1.54, 1.807) is 0 Å². The third kappa shape index (κ3) is 2.84. The number of halogens is 3. The molecule has 92 valence electrons. The Hall–Kier alpha value is -1.94. The maximum atomic E-state index is 12.8. The summed E-state index contributed by atoms with van der Waals surface area (Å²) in [7, 11) is 0. The molecule has 1 amide bonds. The van der Waals surface area contributed by atoms with E-state index in [1.165, 1.54) is 30.3 Å². The Kier molecular flexibility index (Phi) is 3.58. The minimum atomic E-state index is -0.515. The Balaban J connectivity index is 2.19. The predicted octanol–water partition coefficient (Wildman–Crippen LogP) is 3.87. The summed E-state index contributed by atoms with van der Waals surface area (Å²) in [6.45, 7) is 0. The standard InChI is InChI=1S/C13H8ClF2NO/c14-12-7-9(16)3-6-11(12)13(18)17-10-4-1-8(15)2-5-10/h1-7H,(H,17,18). The molecule has 0 aromatic heterocycles. The number of hydrogen-bond acceptors (Lipinski definition) is 1. The fourth-order valence-electron chi connectivity index (χ4n) is 1.41. The van der Waals surface area contributed by atoms with Crippen molar-refractivity contribution in [3.63, 3.8) is 0 Å². The number of anilines is 1. The third-order valence-electron chi connectivity index (χ3n) is 2.28. The van der Waals surface area contributed by atoms with E-state index < -0.39 is 17.5 Å². The average Bonchev–Trinajstić information content (AvgIpc) is 2.32. The van der Waals surface area contributed by atoms with Crippen molar-refractivity contribution in [3.05, 3.63) is 64.7 Å². The molecule has 1 N–H and O–H groups in total. The lowest BCUT2D eigenvalue weighted by Crippen LogP contribution is -2.12. The second kappa shape index (κ2) is 5.14. The van der Waals surface area contributed by atoms with Crippen molar-refractivity contribution < 1.29 is 13.6 Å². The molecule has 0 saturated carbocycles. The van der Waals surface area contributed by atoms with E-state index in [2.05, 4.69) is 5.32 Å². The van der Waals surface area contributed by atoms with Crippen LogP contribution >= 0.6 is 11.6 Å². The molecule has 18 heavy (non-hydrogen) atoms. The van der Waals surface area contributed by atoms with Gasteiger partial charge in [0, 0.05) is 5.69 Å². The zero-order valence-electron chi connectivity index (χ0n) is 9.08. The van der Waals surface area contributed by atoms with Crippen LogP contribution in [0.25, 0.3) is 0 Å². The first-order chi connectivity index (χ1) is 8.56. The smallest absolute Gasteiger partial charge is 0.257 e. The van der Waals surface area contributed by atoms with Gasteiger partial charge in [0.1, 0.15) is 11.6 Å². The second-order valence-corrected chi connectivity index (χ2v) is 3.99. The highest BCUT2D eigenvalue weighted by molar-refractivity contribution is 6.34. The van der Waals surface area contributed by atoms with Crippen LogP contribution < -0.4 is 5.32 Å². The van der Waals surface area contributed by atoms with E-state index in [9.17, 15) is 13.6 Å². The molecule has 0 fully saturated rings. The second-order valence-electron chi connectivity index (χ2n) is 3.59. The number of nitrogens with one attached hydrogen (secondary N) is 1. The molecule has 5 heteroatoms. The first-order valence-electron chi connectivity index (χ1n) is 5.08. The lowest BCUT2D eigenvalue weighted by atomic mass is 10.2. The van der Waals surface area contributed by atoms with Crippen LogP contribution in [0.3, 0.4) is 0 Å². The monoisotopic (exact) mass is 267 g/mol. The van der Waals surface area contributed by atoms with Crippen LogP contribution in [0, 0.1) is 11.6 Å². The molecule has 2 aromatic rings. The van der Waals surface area contributed by atoms with Crippen molar-refractivity contribution in [1.29, 1.82) is 0 Å². The summed E-state index contributed by atoms with van der Waals surface area (Å²) in [6.07, 6.45) is 0. The molecular weight excluding hydrogens is 260 g/mol. The highest BCUT2D eigenvalue weighted by Crippen LogP contribution is 2.19. The van der Waals surface area contributed by atoms with E-state index >= 15 is 0 Å². The van der Waals surface area contributed by atoms with Gasteiger partial charge < -0.3 is 5.32 Å². The lowest BCUT2D eigenvalue weighted by molar-refractivity contribution is 0.102. The maximum absolute atomic E-state index is 12.8. The Bertz CT molecular complexity index is 584. The maximum Gasteiger partial charge on any atom is 0.257 e. The van der Waals surface area contributed by atoms with Crippen LogP contribution in [-0.4, -0.2) is 5.91 Å². The van der Waals surface area contributed by atoms with Gasteiger partial charge in [-0.15, -0.1) is 0 Å². The van der Waals surface area contributed by atoms with Crippen LogP contribution in [0.4, 0.5) is 14.5 Å². The Morgan fingerprint density at radius 2 is 1.61 bits per heavy atom. The molecule has 0 heterocycles. The van der Waals surface area contributed by atoms with E-state index in [0.717, 1.165) is 12.1 Å². The topological polar surface area (TPSA) is 29.1 Å². The van der Waals surface area contributed by atoms with Crippen LogP contribution in [0.1, 0.15) is 10.4 Å². The average molecular weight is 268 g/mol. The van der Waals surface area contributed by atoms with Crippen molar-refractivity contribution in [1.82, 2.24) is 0 Å². The minimum absolute atomic E-state index is 0.0228. The van der Waals surface area contributed by atoms with Gasteiger partial charge in [0.2, 0.25) is 0 Å². The SMILES string of the molecule is O=C(Nc1ccc(F)cc1)c1ccc(F)cc1Cl. The molecule has 0 aliphatic carbocycles. The first kappa shape index (κ1) is 12.5. The molecule has 2 aromatic carbocycles. The predicted molar refractivity (Wildman–Crippen MR) is 65.8 cm³/mol. The number of carbonyl (C=O) groups excluding carboxylic acids is 1. The third-order valence-corrected chi connectivity index (χ3v) is 2.59. The summed E-state index contributed by atoms with van der Waals surface area (Å²) in [5, 5.41) is 2.56. The zero-order chi connectivity index (χ0) is 13.1. The van der Waals surface area contributed by atoms with Crippen LogP contribution in [0.5, 0.6) is 0 Å². The highest BCUT2D eigenvalue weighted by atomic mass is 35.5. The fraction of sp³-hybridized carbons (Fsp3) is 0. The number of carbonyl (C=O) groups is 1. The fourth-order valence-corrected chi connectivity index (χ4v) is 1.66. The first-order valence-corrected chi connectivity index (χ1v) is 5.46. The van der Waals surface area contributed by atoms with Crippen molar-refractivity contribution in [2.24, 2.45) is 0 Å². The van der Waals surface area contributed by atoms with Gasteiger partial charge in [-0.3, -0.25) is 4.79 Å². The van der Waals surface area contributed by atoms with Crippen LogP contribution in [0.2, 0.25) is 5.02 Å². The molecule has 0 saturated heterocycles. The number of rotatable bonds is 2. The molecule has 0 atom stereocenters. The van der Waals surface area contributed by atoms with Gasteiger partial charge in [0.15, 0.2) is 0 Å². The molecule has 2 rings (SSSR count). The summed E-state index contributed by atoms with van der Waals surface area (Å²) >= 11 is 5.76. The van der Waals surface area contributed by atoms with E-state index in [-0.39, 0.29) is 10.6 Å². The van der Waals surface area contributed by atoms with Crippen molar-refractivity contribution >= 4 is 23.2 Å². The largest absolute Gasteiger partial charge is 0.322 e. The van der Waals surface area contributed by atoms with Gasteiger partial charge in [-0.05, 0) is 42.5 Å². The molecule has 0 unspecified atom stereocenters. The Morgan fingerprint density at radius 3 is 2.22 bits per heavy atom. The Morgan fingerprint density at radius 1 is 1.00 bits per heavy atom. The molecule has 0 spiro atoms. The lowest BCUT2D eigenvalue weighted by Gasteiger charge is -2.06. The van der Waals surface area contributed by atoms with Gasteiger partial charge in [-0.2, -0.15) is 0 Å². The molecule has 0 bridgehead atoms. The van der Waals surface area contributed by atoms with E-state index in [1.807, 2.05) is 0 Å². The Labute approximate surface area is 107 Å². The number of benzene rings is 2. The van der Waals surface area contributed by atoms with Gasteiger partial charge >= 0.3 is 0 Å². The summed E-state index contributed by atoms with van der Waals surface area (Å²) in [6, 6.07) is 8.78. The summed E-state index contributed by atoms with van der Waals surface area (Å²) < 4.78 is 25.5. The quantitative estimate of drug-likeness (QED) is 0.879.